The fourth-order valence-corrected chi connectivity index (χ4v) is 8.52. The number of amides is 7. The highest BCUT2D eigenvalue weighted by molar-refractivity contribution is 5.98. The molecule has 2 heterocycles. The summed E-state index contributed by atoms with van der Waals surface area (Å²) in [5.74, 6) is -4.02. The number of guanidine groups is 1. The van der Waals surface area contributed by atoms with E-state index in [1.165, 1.54) is 11.8 Å². The van der Waals surface area contributed by atoms with Gasteiger partial charge in [-0.1, -0.05) is 103 Å². The van der Waals surface area contributed by atoms with E-state index >= 15 is 0 Å². The lowest BCUT2D eigenvalue weighted by molar-refractivity contribution is -0.142. The summed E-state index contributed by atoms with van der Waals surface area (Å²) in [4.78, 5) is 104. The van der Waals surface area contributed by atoms with E-state index in [4.69, 9.17) is 11.5 Å². The average Bonchev–Trinajstić information content (AvgIpc) is 3.81. The van der Waals surface area contributed by atoms with E-state index in [1.54, 1.807) is 0 Å². The number of rotatable bonds is 13. The summed E-state index contributed by atoms with van der Waals surface area (Å²) in [5, 5.41) is 19.0. The van der Waals surface area contributed by atoms with E-state index in [9.17, 15) is 33.6 Å². The monoisotopic (exact) mass is 900 g/mol. The lowest BCUT2D eigenvalue weighted by Crippen LogP contribution is -2.60. The molecule has 2 aliphatic rings. The van der Waals surface area contributed by atoms with E-state index < -0.39 is 77.6 Å². The van der Waals surface area contributed by atoms with Gasteiger partial charge in [0, 0.05) is 45.8 Å². The van der Waals surface area contributed by atoms with Crippen LogP contribution in [0.15, 0.2) is 108 Å². The zero-order valence-corrected chi connectivity index (χ0v) is 37.2. The van der Waals surface area contributed by atoms with Crippen molar-refractivity contribution in [3.63, 3.8) is 0 Å². The number of nitrogens with one attached hydrogen (secondary N) is 6. The molecule has 2 fully saturated rings. The number of nitrogens with zero attached hydrogens (tertiary/aromatic N) is 2. The quantitative estimate of drug-likeness (QED) is 0.0545. The summed E-state index contributed by atoms with van der Waals surface area (Å²) in [6.45, 7) is 1.75. The number of benzene rings is 4. The van der Waals surface area contributed by atoms with Crippen molar-refractivity contribution in [3.8, 4) is 0 Å². The van der Waals surface area contributed by atoms with Crippen LogP contribution in [0.3, 0.4) is 0 Å². The summed E-state index contributed by atoms with van der Waals surface area (Å²) in [6.07, 6.45) is 1.77. The second-order valence-electron chi connectivity index (χ2n) is 16.8. The molecule has 4 aromatic carbocycles. The standard InChI is InChI=1S/C49H60N10O7/c1-31(60)54-39(28-32-14-4-2-5-15-32)44(62)56-38-23-12-25-52-43(61)37(22-11-26-53-49(50)51)55-46(64)41(30-35-20-10-19-34-18-8-9-21-36(34)35)57-45(63)40(29-33-16-6-3-7-17-33)58-47(65)42-24-13-27-59(42)48(38)66/h2-10,14-21,37-42H,11-13,22-30H2,1H3,(H,52,61)(H,54,60)(H,55,64)(H,56,62)(H,57,63)(H,58,65)(H4,50,51,53)/t37-,38?,39-,40+,41-,42-/m0/s1. The molecule has 1 unspecified atom stereocenters. The van der Waals surface area contributed by atoms with Crippen molar-refractivity contribution in [2.45, 2.75) is 101 Å². The van der Waals surface area contributed by atoms with Crippen molar-refractivity contribution in [1.82, 2.24) is 36.8 Å². The highest BCUT2D eigenvalue weighted by atomic mass is 16.2. The van der Waals surface area contributed by atoms with Gasteiger partial charge in [-0.3, -0.25) is 38.6 Å². The van der Waals surface area contributed by atoms with Gasteiger partial charge in [0.15, 0.2) is 5.96 Å². The molecule has 0 radical (unpaired) electrons. The summed E-state index contributed by atoms with van der Waals surface area (Å²) in [7, 11) is 0. The Morgan fingerprint density at radius 2 is 1.36 bits per heavy atom. The first kappa shape index (κ1) is 48.2. The Hall–Kier alpha value is -7.30. The Morgan fingerprint density at radius 1 is 0.727 bits per heavy atom. The SMILES string of the molecule is CC(=O)N[C@@H](Cc1ccccc1)C(=O)NC1CCCNC(=O)[C@H](CCCN=C(N)N)NC(=O)[C@H](Cc2cccc3ccccc23)NC(=O)[C@@H](Cc2ccccc2)NC(=O)[C@@H]2CCCN2C1=O. The first-order valence-electron chi connectivity index (χ1n) is 22.5. The second kappa shape index (κ2) is 23.6. The average molecular weight is 901 g/mol. The van der Waals surface area contributed by atoms with E-state index in [1.807, 2.05) is 103 Å². The number of carbonyl (C=O) groups excluding carboxylic acids is 7. The Morgan fingerprint density at radius 3 is 2.08 bits per heavy atom. The van der Waals surface area contributed by atoms with Crippen LogP contribution in [0.2, 0.25) is 0 Å². The van der Waals surface area contributed by atoms with Crippen molar-refractivity contribution in [3.05, 3.63) is 120 Å². The van der Waals surface area contributed by atoms with Crippen LogP contribution < -0.4 is 43.4 Å². The van der Waals surface area contributed by atoms with Gasteiger partial charge >= 0.3 is 0 Å². The van der Waals surface area contributed by atoms with Crippen molar-refractivity contribution >= 4 is 58.1 Å². The third kappa shape index (κ3) is 13.6. The van der Waals surface area contributed by atoms with Gasteiger partial charge in [-0.25, -0.2) is 0 Å². The van der Waals surface area contributed by atoms with Gasteiger partial charge in [0.05, 0.1) is 0 Å². The van der Waals surface area contributed by atoms with Gasteiger partial charge < -0.3 is 48.3 Å². The molecule has 7 amide bonds. The fraction of sp³-hybridized carbons (Fsp3) is 0.388. The highest BCUT2D eigenvalue weighted by Crippen LogP contribution is 2.22. The van der Waals surface area contributed by atoms with E-state index in [0.717, 1.165) is 27.5 Å². The minimum absolute atomic E-state index is 0.0547. The van der Waals surface area contributed by atoms with Gasteiger partial charge in [-0.2, -0.15) is 0 Å². The molecular formula is C49H60N10O7. The Kier molecular flexibility index (Phi) is 17.2. The number of fused-ring (bicyclic) bond motifs is 2. The number of hydrogen-bond donors (Lipinski definition) is 8. The molecule has 0 saturated carbocycles. The van der Waals surface area contributed by atoms with Crippen LogP contribution in [0.4, 0.5) is 0 Å². The second-order valence-corrected chi connectivity index (χ2v) is 16.8. The third-order valence-electron chi connectivity index (χ3n) is 11.8. The minimum atomic E-state index is -1.19. The van der Waals surface area contributed by atoms with Crippen LogP contribution in [0.25, 0.3) is 10.8 Å². The predicted octanol–water partition coefficient (Wildman–Crippen LogP) is 1.27. The van der Waals surface area contributed by atoms with Gasteiger partial charge in [0.1, 0.15) is 36.3 Å². The summed E-state index contributed by atoms with van der Waals surface area (Å²) >= 11 is 0. The maximum Gasteiger partial charge on any atom is 0.245 e. The first-order chi connectivity index (χ1) is 31.9. The summed E-state index contributed by atoms with van der Waals surface area (Å²) < 4.78 is 0. The molecule has 2 saturated heterocycles. The maximum atomic E-state index is 14.6. The molecule has 66 heavy (non-hydrogen) atoms. The van der Waals surface area contributed by atoms with E-state index in [2.05, 4.69) is 36.9 Å². The van der Waals surface area contributed by atoms with Crippen LogP contribution in [0.5, 0.6) is 0 Å². The largest absolute Gasteiger partial charge is 0.370 e. The molecule has 17 nitrogen and oxygen atoms in total. The molecular weight excluding hydrogens is 841 g/mol. The van der Waals surface area contributed by atoms with Gasteiger partial charge in [-0.15, -0.1) is 0 Å². The summed E-state index contributed by atoms with van der Waals surface area (Å²) in [6, 6.07) is 25.0. The normalized spacial score (nSPS) is 21.4. The van der Waals surface area contributed by atoms with Gasteiger partial charge in [0.25, 0.3) is 0 Å². The number of hydrogen-bond acceptors (Lipinski definition) is 8. The number of carbonyl (C=O) groups is 7. The van der Waals surface area contributed by atoms with Gasteiger partial charge in [0.2, 0.25) is 41.4 Å². The van der Waals surface area contributed by atoms with Crippen molar-refractivity contribution < 1.29 is 33.6 Å². The molecule has 6 rings (SSSR count). The zero-order valence-electron chi connectivity index (χ0n) is 37.2. The molecule has 17 heteroatoms. The molecule has 6 atom stereocenters. The maximum absolute atomic E-state index is 14.6. The third-order valence-corrected chi connectivity index (χ3v) is 11.8. The van der Waals surface area contributed by atoms with E-state index in [0.29, 0.717) is 19.3 Å². The van der Waals surface area contributed by atoms with E-state index in [-0.39, 0.29) is 64.1 Å². The van der Waals surface area contributed by atoms with Gasteiger partial charge in [-0.05, 0) is 66.0 Å². The van der Waals surface area contributed by atoms with Crippen LogP contribution in [0, 0.1) is 0 Å². The molecule has 10 N–H and O–H groups in total. The van der Waals surface area contributed by atoms with Crippen LogP contribution in [0.1, 0.15) is 62.1 Å². The first-order valence-corrected chi connectivity index (χ1v) is 22.5. The molecule has 0 aliphatic carbocycles. The van der Waals surface area contributed by atoms with Crippen LogP contribution in [-0.4, -0.2) is 108 Å². The fourth-order valence-electron chi connectivity index (χ4n) is 8.52. The molecule has 0 spiro atoms. The number of aliphatic imine (C=N–C) groups is 1. The predicted molar refractivity (Wildman–Crippen MR) is 250 cm³/mol. The molecule has 348 valence electrons. The van der Waals surface area contributed by atoms with Crippen molar-refractivity contribution in [2.24, 2.45) is 16.5 Å². The highest BCUT2D eigenvalue weighted by Gasteiger charge is 2.40. The molecule has 0 bridgehead atoms. The van der Waals surface area contributed by atoms with Crippen LogP contribution >= 0.6 is 0 Å². The minimum Gasteiger partial charge on any atom is -0.370 e. The topological polar surface area (TPSA) is 259 Å². The molecule has 2 aliphatic heterocycles. The lowest BCUT2D eigenvalue weighted by atomic mass is 9.97. The van der Waals surface area contributed by atoms with Crippen LogP contribution in [-0.2, 0) is 52.8 Å². The zero-order chi connectivity index (χ0) is 47.0. The Bertz CT molecular complexity index is 2370. The Labute approximate surface area is 384 Å². The Balaban J connectivity index is 1.33. The van der Waals surface area contributed by atoms with Crippen molar-refractivity contribution in [2.75, 3.05) is 19.6 Å². The lowest BCUT2D eigenvalue weighted by Gasteiger charge is -2.31. The smallest absolute Gasteiger partial charge is 0.245 e. The molecule has 4 aromatic rings. The summed E-state index contributed by atoms with van der Waals surface area (Å²) in [5.41, 5.74) is 13.4. The number of nitrogens with two attached hydrogens (primary N) is 2. The van der Waals surface area contributed by atoms with Crippen molar-refractivity contribution in [1.29, 1.82) is 0 Å². The molecule has 0 aromatic heterocycles.